The van der Waals surface area contributed by atoms with Crippen LogP contribution in [0.3, 0.4) is 0 Å². The van der Waals surface area contributed by atoms with Crippen LogP contribution in [0, 0.1) is 0 Å². The number of likely N-dealkylation sites (tertiary alicyclic amines) is 1. The number of piperidine rings is 1. The van der Waals surface area contributed by atoms with E-state index in [-0.39, 0.29) is 11.7 Å². The predicted molar refractivity (Wildman–Crippen MR) is 149 cm³/mol. The number of nitrogens with zero attached hydrogens (tertiary/aromatic N) is 3. The fourth-order valence-electron chi connectivity index (χ4n) is 5.61. The number of ether oxygens (including phenoxy) is 1. The van der Waals surface area contributed by atoms with E-state index in [2.05, 4.69) is 36.9 Å². The van der Waals surface area contributed by atoms with Gasteiger partial charge in [0.1, 0.15) is 11.3 Å². The van der Waals surface area contributed by atoms with Crippen LogP contribution in [0.15, 0.2) is 65.6 Å². The van der Waals surface area contributed by atoms with Gasteiger partial charge in [-0.15, -0.1) is 0 Å². The third-order valence-corrected chi connectivity index (χ3v) is 7.78. The van der Waals surface area contributed by atoms with Gasteiger partial charge in [-0.2, -0.15) is 0 Å². The van der Waals surface area contributed by atoms with Gasteiger partial charge in [0.15, 0.2) is 0 Å². The second kappa shape index (κ2) is 11.1. The zero-order chi connectivity index (χ0) is 25.1. The number of aromatic nitrogens is 2. The highest BCUT2D eigenvalue weighted by molar-refractivity contribution is 6.30. The summed E-state index contributed by atoms with van der Waals surface area (Å²) in [6.45, 7) is 8.18. The molecule has 3 heterocycles. The summed E-state index contributed by atoms with van der Waals surface area (Å²) in [5.41, 5.74) is 4.15. The molecule has 0 radical (unpaired) electrons. The van der Waals surface area contributed by atoms with Crippen molar-refractivity contribution in [3.8, 4) is 5.75 Å². The second-order valence-electron chi connectivity index (χ2n) is 10.1. The molecule has 0 aliphatic carbocycles. The maximum atomic E-state index is 13.3. The summed E-state index contributed by atoms with van der Waals surface area (Å²) in [5, 5.41) is 0.798. The van der Waals surface area contributed by atoms with E-state index in [0.717, 1.165) is 60.7 Å². The van der Waals surface area contributed by atoms with E-state index in [1.165, 1.54) is 18.4 Å². The summed E-state index contributed by atoms with van der Waals surface area (Å²) < 4.78 is 10.1. The Morgan fingerprint density at radius 3 is 2.53 bits per heavy atom. The topological polar surface area (TPSA) is 38.9 Å². The van der Waals surface area contributed by atoms with Gasteiger partial charge in [-0.3, -0.25) is 4.79 Å². The van der Waals surface area contributed by atoms with Crippen molar-refractivity contribution in [3.63, 3.8) is 0 Å². The molecule has 0 bridgehead atoms. The molecule has 1 atom stereocenters. The van der Waals surface area contributed by atoms with Crippen LogP contribution in [-0.2, 0) is 6.54 Å². The van der Waals surface area contributed by atoms with Crippen LogP contribution in [0.4, 0.5) is 0 Å². The summed E-state index contributed by atoms with van der Waals surface area (Å²) >= 11 is 6.05. The lowest BCUT2D eigenvalue weighted by Crippen LogP contribution is -2.34. The first-order chi connectivity index (χ1) is 17.5. The molecule has 0 saturated carbocycles. The lowest BCUT2D eigenvalue weighted by Gasteiger charge is -2.32. The summed E-state index contributed by atoms with van der Waals surface area (Å²) in [6.07, 6.45) is 7.53. The minimum absolute atomic E-state index is 0.0713. The van der Waals surface area contributed by atoms with Crippen LogP contribution in [-0.4, -0.2) is 39.6 Å². The molecule has 0 amide bonds. The molecule has 0 spiro atoms. The number of halogens is 1. The van der Waals surface area contributed by atoms with Gasteiger partial charge in [-0.1, -0.05) is 37.1 Å². The van der Waals surface area contributed by atoms with E-state index in [0.29, 0.717) is 18.0 Å². The van der Waals surface area contributed by atoms with Gasteiger partial charge in [0.2, 0.25) is 0 Å². The minimum atomic E-state index is 0.0713. The fourth-order valence-corrected chi connectivity index (χ4v) is 5.73. The third-order valence-electron chi connectivity index (χ3n) is 7.53. The quantitative estimate of drug-likeness (QED) is 0.253. The van der Waals surface area contributed by atoms with Gasteiger partial charge in [0.05, 0.1) is 17.1 Å². The Bertz CT molecular complexity index is 1370. The van der Waals surface area contributed by atoms with Crippen molar-refractivity contribution in [2.45, 2.75) is 64.5 Å². The molecule has 1 aliphatic heterocycles. The summed E-state index contributed by atoms with van der Waals surface area (Å²) in [7, 11) is 0. The maximum absolute atomic E-state index is 13.3. The van der Waals surface area contributed by atoms with Gasteiger partial charge in [0.25, 0.3) is 5.56 Å². The Balaban J connectivity index is 1.27. The van der Waals surface area contributed by atoms with Crippen LogP contribution in [0.5, 0.6) is 5.75 Å². The van der Waals surface area contributed by atoms with Crippen molar-refractivity contribution in [2.75, 3.05) is 19.6 Å². The molecule has 5 rings (SSSR count). The molecule has 2 aromatic carbocycles. The minimum Gasteiger partial charge on any atom is -0.491 e. The standard InChI is InChI=1S/C30H36ClN3O2/c1-3-6-22(2)36-26-12-13-27-29(21-26)33-17-4-7-28(33)30(35)34(27)18-5-16-32-19-14-24(15-20-32)23-8-10-25(31)11-9-23/h4,7-13,17,21-22,24H,3,5-6,14-16,18-20H2,1-2H3. The highest BCUT2D eigenvalue weighted by Gasteiger charge is 2.20. The Labute approximate surface area is 218 Å². The van der Waals surface area contributed by atoms with Gasteiger partial charge >= 0.3 is 0 Å². The molecule has 1 unspecified atom stereocenters. The van der Waals surface area contributed by atoms with Gasteiger partial charge in [-0.05, 0) is 100 Å². The Morgan fingerprint density at radius 1 is 1.00 bits per heavy atom. The van der Waals surface area contributed by atoms with Crippen LogP contribution >= 0.6 is 11.6 Å². The first kappa shape index (κ1) is 24.9. The monoisotopic (exact) mass is 505 g/mol. The molecule has 0 N–H and O–H groups in total. The lowest BCUT2D eigenvalue weighted by atomic mass is 9.89. The zero-order valence-corrected chi connectivity index (χ0v) is 22.1. The Kier molecular flexibility index (Phi) is 7.68. The number of hydrogen-bond donors (Lipinski definition) is 0. The third kappa shape index (κ3) is 5.33. The van der Waals surface area contributed by atoms with Crippen LogP contribution in [0.25, 0.3) is 16.6 Å². The van der Waals surface area contributed by atoms with Gasteiger partial charge in [0, 0.05) is 23.8 Å². The molecule has 1 aliphatic rings. The normalized spacial score (nSPS) is 16.1. The Morgan fingerprint density at radius 2 is 1.78 bits per heavy atom. The van der Waals surface area contributed by atoms with Crippen molar-refractivity contribution in [2.24, 2.45) is 0 Å². The van der Waals surface area contributed by atoms with E-state index >= 15 is 0 Å². The largest absolute Gasteiger partial charge is 0.491 e. The van der Waals surface area contributed by atoms with E-state index in [1.807, 2.05) is 51.6 Å². The average Bonchev–Trinajstić information content (AvgIpc) is 3.38. The Hall–Kier alpha value is -2.76. The first-order valence-corrected chi connectivity index (χ1v) is 13.7. The van der Waals surface area contributed by atoms with Gasteiger partial charge < -0.3 is 18.6 Å². The number of rotatable bonds is 9. The van der Waals surface area contributed by atoms with E-state index in [4.69, 9.17) is 16.3 Å². The molecular formula is C30H36ClN3O2. The van der Waals surface area contributed by atoms with Gasteiger partial charge in [-0.25, -0.2) is 0 Å². The number of fused-ring (bicyclic) bond motifs is 3. The molecule has 1 fully saturated rings. The maximum Gasteiger partial charge on any atom is 0.275 e. The number of hydrogen-bond acceptors (Lipinski definition) is 3. The molecule has 4 aromatic rings. The molecular weight excluding hydrogens is 470 g/mol. The van der Waals surface area contributed by atoms with Crippen molar-refractivity contribution in [3.05, 3.63) is 81.7 Å². The zero-order valence-electron chi connectivity index (χ0n) is 21.3. The van der Waals surface area contributed by atoms with Crippen LogP contribution in [0.1, 0.15) is 57.4 Å². The summed E-state index contributed by atoms with van der Waals surface area (Å²) in [4.78, 5) is 15.9. The number of benzene rings is 2. The smallest absolute Gasteiger partial charge is 0.275 e. The molecule has 190 valence electrons. The summed E-state index contributed by atoms with van der Waals surface area (Å²) in [6, 6.07) is 18.3. The van der Waals surface area contributed by atoms with Crippen molar-refractivity contribution in [1.82, 2.24) is 13.9 Å². The van der Waals surface area contributed by atoms with Crippen molar-refractivity contribution >= 4 is 28.2 Å². The highest BCUT2D eigenvalue weighted by atomic mass is 35.5. The van der Waals surface area contributed by atoms with Crippen molar-refractivity contribution in [1.29, 1.82) is 0 Å². The highest BCUT2D eigenvalue weighted by Crippen LogP contribution is 2.29. The van der Waals surface area contributed by atoms with E-state index in [1.54, 1.807) is 0 Å². The molecule has 5 nitrogen and oxygen atoms in total. The summed E-state index contributed by atoms with van der Waals surface area (Å²) in [5.74, 6) is 1.46. The molecule has 36 heavy (non-hydrogen) atoms. The second-order valence-corrected chi connectivity index (χ2v) is 10.5. The molecule has 6 heteroatoms. The van der Waals surface area contributed by atoms with Crippen molar-refractivity contribution < 1.29 is 4.74 Å². The van der Waals surface area contributed by atoms with E-state index < -0.39 is 0 Å². The fraction of sp³-hybridized carbons (Fsp3) is 0.433. The SMILES string of the molecule is CCCC(C)Oc1ccc2c(c1)n1cccc1c(=O)n2CCCN1CCC(c2ccc(Cl)cc2)CC1. The van der Waals surface area contributed by atoms with Crippen LogP contribution < -0.4 is 10.3 Å². The van der Waals surface area contributed by atoms with E-state index in [9.17, 15) is 4.79 Å². The lowest BCUT2D eigenvalue weighted by molar-refractivity contribution is 0.207. The predicted octanol–water partition coefficient (Wildman–Crippen LogP) is 6.74. The first-order valence-electron chi connectivity index (χ1n) is 13.3. The molecule has 1 saturated heterocycles. The molecule has 2 aromatic heterocycles. The van der Waals surface area contributed by atoms with Crippen LogP contribution in [0.2, 0.25) is 5.02 Å². The average molecular weight is 506 g/mol. The number of aryl methyl sites for hydroxylation is 1.